The maximum atomic E-state index is 12.8. The van der Waals surface area contributed by atoms with E-state index >= 15 is 0 Å². The van der Waals surface area contributed by atoms with E-state index in [-0.39, 0.29) is 17.6 Å². The van der Waals surface area contributed by atoms with Gasteiger partial charge in [0.2, 0.25) is 5.91 Å². The fourth-order valence-corrected chi connectivity index (χ4v) is 6.66. The highest BCUT2D eigenvalue weighted by atomic mass is 35.5. The first kappa shape index (κ1) is 27.5. The van der Waals surface area contributed by atoms with Gasteiger partial charge in [-0.15, -0.1) is 21.5 Å². The summed E-state index contributed by atoms with van der Waals surface area (Å²) in [7, 11) is 0. The van der Waals surface area contributed by atoms with Gasteiger partial charge in [-0.2, -0.15) is 0 Å². The largest absolute Gasteiger partial charge is 0.493 e. The second-order valence-corrected chi connectivity index (χ2v) is 11.1. The summed E-state index contributed by atoms with van der Waals surface area (Å²) in [5.74, 6) is 1.30. The van der Waals surface area contributed by atoms with Crippen molar-refractivity contribution >= 4 is 51.6 Å². The number of carbonyl (C=O) groups excluding carboxylic acids is 2. The SMILES string of the molecule is CCOC(=O)c1c(NC(=O)CSc2nnc(CCCOc3ccc(Cl)cc3C)n2CC)sc2c1CCC2. The van der Waals surface area contributed by atoms with E-state index in [9.17, 15) is 9.59 Å². The molecule has 0 saturated carbocycles. The van der Waals surface area contributed by atoms with Crippen molar-refractivity contribution in [1.82, 2.24) is 14.8 Å². The molecule has 2 aromatic heterocycles. The number of hydrogen-bond acceptors (Lipinski definition) is 8. The van der Waals surface area contributed by atoms with Crippen molar-refractivity contribution in [2.24, 2.45) is 0 Å². The van der Waals surface area contributed by atoms with Crippen LogP contribution < -0.4 is 10.1 Å². The molecule has 0 radical (unpaired) electrons. The minimum atomic E-state index is -0.365. The number of hydrogen-bond donors (Lipinski definition) is 1. The van der Waals surface area contributed by atoms with Crippen LogP contribution in [0.25, 0.3) is 0 Å². The van der Waals surface area contributed by atoms with E-state index in [0.717, 1.165) is 53.3 Å². The van der Waals surface area contributed by atoms with Crippen molar-refractivity contribution in [3.05, 3.63) is 50.6 Å². The van der Waals surface area contributed by atoms with Gasteiger partial charge in [-0.25, -0.2) is 4.79 Å². The van der Waals surface area contributed by atoms with Crippen LogP contribution in [0.2, 0.25) is 5.02 Å². The molecule has 0 atom stereocenters. The first-order valence-electron chi connectivity index (χ1n) is 12.5. The molecule has 198 valence electrons. The fraction of sp³-hybridized carbons (Fsp3) is 0.462. The van der Waals surface area contributed by atoms with Crippen LogP contribution in [0, 0.1) is 6.92 Å². The molecule has 1 aromatic carbocycles. The number of anilines is 1. The molecule has 3 aromatic rings. The summed E-state index contributed by atoms with van der Waals surface area (Å²) in [5.41, 5.74) is 2.55. The lowest BCUT2D eigenvalue weighted by atomic mass is 10.1. The Balaban J connectivity index is 1.31. The number of ether oxygens (including phenoxy) is 2. The zero-order valence-electron chi connectivity index (χ0n) is 21.3. The maximum Gasteiger partial charge on any atom is 0.341 e. The van der Waals surface area contributed by atoms with Gasteiger partial charge in [-0.1, -0.05) is 23.4 Å². The van der Waals surface area contributed by atoms with Crippen molar-refractivity contribution < 1.29 is 19.1 Å². The van der Waals surface area contributed by atoms with E-state index in [1.54, 1.807) is 6.92 Å². The van der Waals surface area contributed by atoms with Crippen molar-refractivity contribution in [2.75, 3.05) is 24.3 Å². The fourth-order valence-electron chi connectivity index (χ4n) is 4.32. The van der Waals surface area contributed by atoms with E-state index in [4.69, 9.17) is 21.1 Å². The first-order chi connectivity index (χ1) is 17.9. The number of halogens is 1. The monoisotopic (exact) mass is 562 g/mol. The number of fused-ring (bicyclic) bond motifs is 1. The van der Waals surface area contributed by atoms with Gasteiger partial charge in [-0.3, -0.25) is 4.79 Å². The summed E-state index contributed by atoms with van der Waals surface area (Å²) < 4.78 is 13.2. The standard InChI is InChI=1S/C26H31ClN4O4S2/c1-4-31-21(10-7-13-35-19-12-11-17(27)14-16(19)3)29-30-26(31)36-15-22(32)28-24-23(25(33)34-5-2)18-8-6-9-20(18)37-24/h11-12,14H,4-10,13,15H2,1-3H3,(H,28,32). The topological polar surface area (TPSA) is 95.3 Å². The number of rotatable bonds is 12. The number of carbonyl (C=O) groups is 2. The summed E-state index contributed by atoms with van der Waals surface area (Å²) >= 11 is 8.83. The Hall–Kier alpha value is -2.56. The quantitative estimate of drug-likeness (QED) is 0.171. The summed E-state index contributed by atoms with van der Waals surface area (Å²) in [5, 5.41) is 13.6. The molecule has 0 aliphatic heterocycles. The van der Waals surface area contributed by atoms with Crippen LogP contribution in [-0.2, 0) is 35.3 Å². The first-order valence-corrected chi connectivity index (χ1v) is 14.6. The molecule has 0 unspecified atom stereocenters. The predicted octanol–water partition coefficient (Wildman–Crippen LogP) is 5.73. The van der Waals surface area contributed by atoms with Gasteiger partial charge in [0, 0.05) is 22.9 Å². The molecule has 2 heterocycles. The Labute approximate surface area is 230 Å². The maximum absolute atomic E-state index is 12.8. The van der Waals surface area contributed by atoms with Crippen LogP contribution in [0.5, 0.6) is 5.75 Å². The molecular formula is C26H31ClN4O4S2. The third-order valence-corrected chi connectivity index (χ3v) is 8.44. The van der Waals surface area contributed by atoms with E-state index in [0.29, 0.717) is 46.9 Å². The average molecular weight is 563 g/mol. The smallest absolute Gasteiger partial charge is 0.341 e. The van der Waals surface area contributed by atoms with Gasteiger partial charge in [0.1, 0.15) is 16.6 Å². The Bertz CT molecular complexity index is 1270. The van der Waals surface area contributed by atoms with Crippen LogP contribution in [0.15, 0.2) is 23.4 Å². The molecule has 8 nitrogen and oxygen atoms in total. The number of aromatic nitrogens is 3. The van der Waals surface area contributed by atoms with Gasteiger partial charge in [-0.05, 0) is 75.8 Å². The Kier molecular flexibility index (Phi) is 9.50. The van der Waals surface area contributed by atoms with Crippen molar-refractivity contribution in [3.63, 3.8) is 0 Å². The molecular weight excluding hydrogens is 532 g/mol. The van der Waals surface area contributed by atoms with Crippen LogP contribution in [0.1, 0.15) is 58.9 Å². The lowest BCUT2D eigenvalue weighted by molar-refractivity contribution is -0.113. The summed E-state index contributed by atoms with van der Waals surface area (Å²) in [4.78, 5) is 26.5. The number of nitrogens with one attached hydrogen (secondary N) is 1. The van der Waals surface area contributed by atoms with E-state index in [2.05, 4.69) is 15.5 Å². The molecule has 11 heteroatoms. The molecule has 0 saturated heterocycles. The molecule has 1 amide bonds. The van der Waals surface area contributed by atoms with Crippen LogP contribution >= 0.6 is 34.7 Å². The summed E-state index contributed by atoms with van der Waals surface area (Å²) in [6.45, 7) is 7.34. The predicted molar refractivity (Wildman–Crippen MR) is 147 cm³/mol. The average Bonchev–Trinajstić information content (AvgIpc) is 3.56. The van der Waals surface area contributed by atoms with Crippen LogP contribution in [0.4, 0.5) is 5.00 Å². The number of thiophene rings is 1. The minimum Gasteiger partial charge on any atom is -0.493 e. The molecule has 0 spiro atoms. The molecule has 37 heavy (non-hydrogen) atoms. The highest BCUT2D eigenvalue weighted by Crippen LogP contribution is 2.39. The lowest BCUT2D eigenvalue weighted by Crippen LogP contribution is -2.17. The number of benzene rings is 1. The summed E-state index contributed by atoms with van der Waals surface area (Å²) in [6.07, 6.45) is 4.30. The lowest BCUT2D eigenvalue weighted by Gasteiger charge is -2.10. The van der Waals surface area contributed by atoms with Crippen molar-refractivity contribution in [2.45, 2.75) is 64.6 Å². The number of aryl methyl sites for hydroxylation is 3. The number of thioether (sulfide) groups is 1. The number of amides is 1. The molecule has 1 aliphatic carbocycles. The third-order valence-electron chi connectivity index (χ3n) is 6.04. The van der Waals surface area contributed by atoms with Gasteiger partial charge < -0.3 is 19.4 Å². The zero-order chi connectivity index (χ0) is 26.4. The van der Waals surface area contributed by atoms with Crippen molar-refractivity contribution in [3.8, 4) is 5.75 Å². The van der Waals surface area contributed by atoms with Gasteiger partial charge in [0.05, 0.1) is 24.5 Å². The molecule has 1 aliphatic rings. The van der Waals surface area contributed by atoms with Crippen LogP contribution in [0.3, 0.4) is 0 Å². The number of nitrogens with zero attached hydrogens (tertiary/aromatic N) is 3. The van der Waals surface area contributed by atoms with Gasteiger partial charge >= 0.3 is 5.97 Å². The highest BCUT2D eigenvalue weighted by Gasteiger charge is 2.28. The van der Waals surface area contributed by atoms with E-state index in [1.165, 1.54) is 23.1 Å². The van der Waals surface area contributed by atoms with Gasteiger partial charge in [0.15, 0.2) is 5.16 Å². The van der Waals surface area contributed by atoms with E-state index < -0.39 is 0 Å². The summed E-state index contributed by atoms with van der Waals surface area (Å²) in [6, 6.07) is 5.58. The zero-order valence-corrected chi connectivity index (χ0v) is 23.7. The second kappa shape index (κ2) is 12.8. The Morgan fingerprint density at radius 3 is 2.84 bits per heavy atom. The van der Waals surface area contributed by atoms with Gasteiger partial charge in [0.25, 0.3) is 0 Å². The second-order valence-electron chi connectivity index (χ2n) is 8.62. The molecule has 4 rings (SSSR count). The van der Waals surface area contributed by atoms with Crippen LogP contribution in [-0.4, -0.2) is 45.6 Å². The Morgan fingerprint density at radius 2 is 2.08 bits per heavy atom. The minimum absolute atomic E-state index is 0.169. The van der Waals surface area contributed by atoms with E-state index in [1.807, 2.05) is 36.6 Å². The van der Waals surface area contributed by atoms with Crippen molar-refractivity contribution in [1.29, 1.82) is 0 Å². The third kappa shape index (κ3) is 6.66. The Morgan fingerprint density at radius 1 is 1.24 bits per heavy atom. The molecule has 0 bridgehead atoms. The highest BCUT2D eigenvalue weighted by molar-refractivity contribution is 7.99. The molecule has 0 fully saturated rings. The number of esters is 1. The molecule has 1 N–H and O–H groups in total. The normalized spacial score (nSPS) is 12.4.